The molecule has 0 aliphatic carbocycles. The molecule has 0 radical (unpaired) electrons. The van der Waals surface area contributed by atoms with E-state index in [2.05, 4.69) is 4.74 Å². The molecule has 0 bridgehead atoms. The van der Waals surface area contributed by atoms with Gasteiger partial charge in [-0.25, -0.2) is 9.59 Å². The summed E-state index contributed by atoms with van der Waals surface area (Å²) in [5, 5.41) is 10.3. The standard InChI is InChI=1S/C8H13NO5/c1-3-4-6(10)9-8(13)14-5(2)7(11)12/h5H,3-4H2,1-2H3,(H,11,12)(H,9,10,13). The molecule has 0 saturated carbocycles. The van der Waals surface area contributed by atoms with E-state index in [0.717, 1.165) is 0 Å². The maximum Gasteiger partial charge on any atom is 0.414 e. The highest BCUT2D eigenvalue weighted by molar-refractivity contribution is 5.92. The molecule has 14 heavy (non-hydrogen) atoms. The summed E-state index contributed by atoms with van der Waals surface area (Å²) in [6, 6.07) is 0. The summed E-state index contributed by atoms with van der Waals surface area (Å²) in [5.41, 5.74) is 0. The first-order chi connectivity index (χ1) is 6.47. The minimum Gasteiger partial charge on any atom is -0.479 e. The lowest BCUT2D eigenvalue weighted by molar-refractivity contribution is -0.146. The quantitative estimate of drug-likeness (QED) is 0.694. The fourth-order valence-corrected chi connectivity index (χ4v) is 0.644. The van der Waals surface area contributed by atoms with E-state index in [1.807, 2.05) is 5.32 Å². The molecular formula is C8H13NO5. The van der Waals surface area contributed by atoms with E-state index < -0.39 is 24.1 Å². The summed E-state index contributed by atoms with van der Waals surface area (Å²) in [6.45, 7) is 2.98. The second kappa shape index (κ2) is 5.95. The van der Waals surface area contributed by atoms with Crippen LogP contribution in [0.4, 0.5) is 4.79 Å². The molecule has 0 rings (SSSR count). The van der Waals surface area contributed by atoms with E-state index >= 15 is 0 Å². The lowest BCUT2D eigenvalue weighted by Crippen LogP contribution is -2.35. The minimum atomic E-state index is -1.26. The number of carbonyl (C=O) groups is 3. The molecule has 0 aromatic heterocycles. The van der Waals surface area contributed by atoms with E-state index in [-0.39, 0.29) is 6.42 Å². The third kappa shape index (κ3) is 5.13. The molecule has 2 N–H and O–H groups in total. The number of carboxylic acid groups (broad SMARTS) is 1. The molecule has 0 saturated heterocycles. The first kappa shape index (κ1) is 12.4. The Hall–Kier alpha value is -1.59. The number of carbonyl (C=O) groups excluding carboxylic acids is 2. The Balaban J connectivity index is 3.86. The van der Waals surface area contributed by atoms with Crippen molar-refractivity contribution >= 4 is 18.0 Å². The van der Waals surface area contributed by atoms with E-state index in [0.29, 0.717) is 6.42 Å². The third-order valence-corrected chi connectivity index (χ3v) is 1.35. The van der Waals surface area contributed by atoms with Gasteiger partial charge in [-0.2, -0.15) is 0 Å². The average molecular weight is 203 g/mol. The van der Waals surface area contributed by atoms with Gasteiger partial charge in [0.1, 0.15) is 0 Å². The number of hydrogen-bond donors (Lipinski definition) is 2. The number of imide groups is 1. The van der Waals surface area contributed by atoms with Gasteiger partial charge < -0.3 is 9.84 Å². The SMILES string of the molecule is CCCC(=O)NC(=O)OC(C)C(=O)O. The Morgan fingerprint density at radius 2 is 2.00 bits per heavy atom. The molecule has 0 aliphatic rings. The predicted molar refractivity (Wildman–Crippen MR) is 46.6 cm³/mol. The van der Waals surface area contributed by atoms with Gasteiger partial charge in [-0.05, 0) is 13.3 Å². The Labute approximate surface area is 81.2 Å². The van der Waals surface area contributed by atoms with Gasteiger partial charge in [0.2, 0.25) is 5.91 Å². The van der Waals surface area contributed by atoms with Crippen LogP contribution in [0.3, 0.4) is 0 Å². The number of hydrogen-bond acceptors (Lipinski definition) is 4. The van der Waals surface area contributed by atoms with Crippen molar-refractivity contribution in [2.45, 2.75) is 32.8 Å². The van der Waals surface area contributed by atoms with Crippen LogP contribution in [-0.2, 0) is 14.3 Å². The van der Waals surface area contributed by atoms with E-state index in [1.165, 1.54) is 6.92 Å². The van der Waals surface area contributed by atoms with Gasteiger partial charge in [0, 0.05) is 6.42 Å². The predicted octanol–water partition coefficient (Wildman–Crippen LogP) is 0.512. The first-order valence-corrected chi connectivity index (χ1v) is 4.20. The van der Waals surface area contributed by atoms with Gasteiger partial charge >= 0.3 is 12.1 Å². The molecule has 0 fully saturated rings. The number of carboxylic acids is 1. The van der Waals surface area contributed by atoms with Gasteiger partial charge in [0.05, 0.1) is 0 Å². The van der Waals surface area contributed by atoms with Crippen molar-refractivity contribution in [2.75, 3.05) is 0 Å². The van der Waals surface area contributed by atoms with Crippen molar-refractivity contribution in [2.24, 2.45) is 0 Å². The number of alkyl carbamates (subject to hydrolysis) is 1. The lowest BCUT2D eigenvalue weighted by Gasteiger charge is -2.08. The Morgan fingerprint density at radius 3 is 2.43 bits per heavy atom. The molecular weight excluding hydrogens is 190 g/mol. The first-order valence-electron chi connectivity index (χ1n) is 4.20. The zero-order valence-corrected chi connectivity index (χ0v) is 8.07. The van der Waals surface area contributed by atoms with Gasteiger partial charge in [0.25, 0.3) is 0 Å². The highest BCUT2D eigenvalue weighted by Crippen LogP contribution is 1.92. The zero-order chi connectivity index (χ0) is 11.1. The Morgan fingerprint density at radius 1 is 1.43 bits per heavy atom. The van der Waals surface area contributed by atoms with Crippen LogP contribution < -0.4 is 5.32 Å². The van der Waals surface area contributed by atoms with E-state index in [4.69, 9.17) is 5.11 Å². The summed E-state index contributed by atoms with van der Waals surface area (Å²) in [7, 11) is 0. The number of aliphatic carboxylic acids is 1. The zero-order valence-electron chi connectivity index (χ0n) is 8.07. The highest BCUT2D eigenvalue weighted by atomic mass is 16.6. The number of ether oxygens (including phenoxy) is 1. The molecule has 1 unspecified atom stereocenters. The normalized spacial score (nSPS) is 11.6. The van der Waals surface area contributed by atoms with Crippen LogP contribution in [0.2, 0.25) is 0 Å². The summed E-state index contributed by atoms with van der Waals surface area (Å²) < 4.78 is 4.36. The Bertz CT molecular complexity index is 238. The van der Waals surface area contributed by atoms with Crippen molar-refractivity contribution in [1.82, 2.24) is 5.32 Å². The van der Waals surface area contributed by atoms with Crippen LogP contribution in [0.15, 0.2) is 0 Å². The van der Waals surface area contributed by atoms with E-state index in [9.17, 15) is 14.4 Å². The molecule has 2 amide bonds. The van der Waals surface area contributed by atoms with Crippen molar-refractivity contribution in [3.63, 3.8) is 0 Å². The molecule has 80 valence electrons. The highest BCUT2D eigenvalue weighted by Gasteiger charge is 2.17. The van der Waals surface area contributed by atoms with Gasteiger partial charge in [-0.1, -0.05) is 6.92 Å². The molecule has 0 spiro atoms. The topological polar surface area (TPSA) is 92.7 Å². The molecule has 6 heteroatoms. The van der Waals surface area contributed by atoms with Gasteiger partial charge in [-0.15, -0.1) is 0 Å². The van der Waals surface area contributed by atoms with Crippen molar-refractivity contribution in [3.8, 4) is 0 Å². The smallest absolute Gasteiger partial charge is 0.414 e. The average Bonchev–Trinajstić information content (AvgIpc) is 2.03. The second-order valence-electron chi connectivity index (χ2n) is 2.68. The second-order valence-corrected chi connectivity index (χ2v) is 2.68. The molecule has 6 nitrogen and oxygen atoms in total. The van der Waals surface area contributed by atoms with Crippen LogP contribution in [0.25, 0.3) is 0 Å². The fourth-order valence-electron chi connectivity index (χ4n) is 0.644. The van der Waals surface area contributed by atoms with Gasteiger partial charge in [0.15, 0.2) is 6.10 Å². The molecule has 0 aliphatic heterocycles. The molecule has 0 aromatic rings. The summed E-state index contributed by atoms with van der Waals surface area (Å²) in [4.78, 5) is 31.9. The fraction of sp³-hybridized carbons (Fsp3) is 0.625. The largest absolute Gasteiger partial charge is 0.479 e. The molecule has 1 atom stereocenters. The van der Waals surface area contributed by atoms with Crippen LogP contribution >= 0.6 is 0 Å². The van der Waals surface area contributed by atoms with Crippen LogP contribution in [0, 0.1) is 0 Å². The van der Waals surface area contributed by atoms with E-state index in [1.54, 1.807) is 6.92 Å². The van der Waals surface area contributed by atoms with Crippen molar-refractivity contribution in [3.05, 3.63) is 0 Å². The Kier molecular flexibility index (Phi) is 5.28. The number of nitrogens with one attached hydrogen (secondary N) is 1. The van der Waals surface area contributed by atoms with Gasteiger partial charge in [-0.3, -0.25) is 10.1 Å². The summed E-state index contributed by atoms with van der Waals surface area (Å²) >= 11 is 0. The third-order valence-electron chi connectivity index (χ3n) is 1.35. The van der Waals surface area contributed by atoms with Crippen LogP contribution in [0.1, 0.15) is 26.7 Å². The maximum atomic E-state index is 10.8. The monoisotopic (exact) mass is 203 g/mol. The van der Waals surface area contributed by atoms with Crippen molar-refractivity contribution < 1.29 is 24.2 Å². The van der Waals surface area contributed by atoms with Crippen molar-refractivity contribution in [1.29, 1.82) is 0 Å². The van der Waals surface area contributed by atoms with Crippen LogP contribution in [0.5, 0.6) is 0 Å². The lowest BCUT2D eigenvalue weighted by atomic mass is 10.3. The minimum absolute atomic E-state index is 0.205. The molecule has 0 aromatic carbocycles. The maximum absolute atomic E-state index is 10.8. The number of amides is 2. The summed E-state index contributed by atoms with van der Waals surface area (Å²) in [5.74, 6) is -1.74. The number of rotatable bonds is 4. The summed E-state index contributed by atoms with van der Waals surface area (Å²) in [6.07, 6.45) is -1.48. The molecule has 0 heterocycles. The van der Waals surface area contributed by atoms with Crippen LogP contribution in [-0.4, -0.2) is 29.2 Å².